The van der Waals surface area contributed by atoms with E-state index in [0.29, 0.717) is 23.0 Å². The molecule has 1 amide bonds. The fourth-order valence-corrected chi connectivity index (χ4v) is 3.17. The van der Waals surface area contributed by atoms with Gasteiger partial charge in [-0.3, -0.25) is 4.79 Å². The number of carbonyl (C=O) groups excluding carboxylic acids is 1. The topological polar surface area (TPSA) is 64.2 Å². The van der Waals surface area contributed by atoms with Gasteiger partial charge in [0, 0.05) is 11.9 Å². The van der Waals surface area contributed by atoms with E-state index in [1.807, 2.05) is 19.1 Å². The van der Waals surface area contributed by atoms with Crippen LogP contribution < -0.4 is 10.9 Å². The summed E-state index contributed by atoms with van der Waals surface area (Å²) in [6.07, 6.45) is 0. The number of nitrogens with zero attached hydrogens (tertiary/aromatic N) is 1. The predicted octanol–water partition coefficient (Wildman–Crippen LogP) is 4.16. The summed E-state index contributed by atoms with van der Waals surface area (Å²) in [5, 5.41) is 3.63. The van der Waals surface area contributed by atoms with Crippen LogP contribution in [-0.2, 0) is 6.54 Å². The molecule has 4 rings (SSSR count). The van der Waals surface area contributed by atoms with Crippen molar-refractivity contribution in [3.8, 4) is 0 Å². The molecule has 0 aliphatic rings. The lowest BCUT2D eigenvalue weighted by atomic mass is 10.2. The van der Waals surface area contributed by atoms with Gasteiger partial charge in [0.25, 0.3) is 5.91 Å². The van der Waals surface area contributed by atoms with E-state index in [4.69, 9.17) is 4.42 Å². The molecule has 0 saturated carbocycles. The van der Waals surface area contributed by atoms with Crippen LogP contribution in [0.5, 0.6) is 0 Å². The van der Waals surface area contributed by atoms with Crippen LogP contribution in [0.15, 0.2) is 63.8 Å². The van der Waals surface area contributed by atoms with Crippen molar-refractivity contribution in [2.24, 2.45) is 0 Å². The van der Waals surface area contributed by atoms with Gasteiger partial charge in [0.1, 0.15) is 17.1 Å². The van der Waals surface area contributed by atoms with Crippen molar-refractivity contribution in [3.63, 3.8) is 0 Å². The summed E-state index contributed by atoms with van der Waals surface area (Å²) in [7, 11) is 0. The number of aromatic nitrogens is 1. The molecule has 0 aliphatic heterocycles. The van der Waals surface area contributed by atoms with Crippen LogP contribution in [0.25, 0.3) is 21.9 Å². The van der Waals surface area contributed by atoms with Crippen LogP contribution >= 0.6 is 0 Å². The van der Waals surface area contributed by atoms with Crippen LogP contribution in [0.3, 0.4) is 0 Å². The van der Waals surface area contributed by atoms with Crippen molar-refractivity contribution >= 4 is 33.5 Å². The fourth-order valence-electron chi connectivity index (χ4n) is 3.17. The Morgan fingerprint density at radius 1 is 1.12 bits per heavy atom. The molecule has 0 fully saturated rings. The average molecular weight is 350 g/mol. The molecule has 0 spiro atoms. The van der Waals surface area contributed by atoms with Crippen molar-refractivity contribution < 1.29 is 13.6 Å². The third kappa shape index (κ3) is 2.47. The van der Waals surface area contributed by atoms with Gasteiger partial charge in [-0.05, 0) is 37.3 Å². The van der Waals surface area contributed by atoms with E-state index in [9.17, 15) is 14.0 Å². The number of anilines is 1. The van der Waals surface area contributed by atoms with E-state index < -0.39 is 17.3 Å². The van der Waals surface area contributed by atoms with Crippen molar-refractivity contribution in [3.05, 3.63) is 76.5 Å². The van der Waals surface area contributed by atoms with E-state index in [1.165, 1.54) is 18.2 Å². The highest BCUT2D eigenvalue weighted by atomic mass is 19.1. The minimum absolute atomic E-state index is 0.0855. The Bertz CT molecular complexity index is 1210. The number of halogens is 1. The highest BCUT2D eigenvalue weighted by molar-refractivity contribution is 6.10. The molecule has 0 atom stereocenters. The Balaban J connectivity index is 1.92. The number of benzene rings is 2. The second-order valence-electron chi connectivity index (χ2n) is 5.86. The van der Waals surface area contributed by atoms with Crippen LogP contribution in [0, 0.1) is 5.82 Å². The van der Waals surface area contributed by atoms with Gasteiger partial charge in [0.2, 0.25) is 0 Å². The van der Waals surface area contributed by atoms with Gasteiger partial charge in [-0.25, -0.2) is 9.18 Å². The van der Waals surface area contributed by atoms with Crippen molar-refractivity contribution in [2.75, 3.05) is 5.32 Å². The van der Waals surface area contributed by atoms with Crippen LogP contribution in [0.4, 0.5) is 10.1 Å². The molecule has 130 valence electrons. The van der Waals surface area contributed by atoms with Crippen molar-refractivity contribution in [1.29, 1.82) is 0 Å². The predicted molar refractivity (Wildman–Crippen MR) is 98.0 cm³/mol. The molecule has 0 saturated heterocycles. The molecule has 26 heavy (non-hydrogen) atoms. The number of nitrogens with one attached hydrogen (secondary N) is 1. The van der Waals surface area contributed by atoms with Crippen LogP contribution in [0.2, 0.25) is 0 Å². The van der Waals surface area contributed by atoms with Crippen LogP contribution in [-0.4, -0.2) is 10.5 Å². The molecule has 5 nitrogen and oxygen atoms in total. The number of hydrogen-bond donors (Lipinski definition) is 1. The number of aryl methyl sites for hydroxylation is 1. The number of rotatable bonds is 3. The molecule has 6 heteroatoms. The smallest absolute Gasteiger partial charge is 0.345 e. The number of fused-ring (bicyclic) bond motifs is 3. The third-order valence-electron chi connectivity index (χ3n) is 4.33. The molecule has 1 N–H and O–H groups in total. The maximum Gasteiger partial charge on any atom is 0.345 e. The molecule has 2 aromatic heterocycles. The van der Waals surface area contributed by atoms with E-state index in [2.05, 4.69) is 5.32 Å². The van der Waals surface area contributed by atoms with E-state index in [0.717, 1.165) is 5.39 Å². The Labute approximate surface area is 147 Å². The van der Waals surface area contributed by atoms with Gasteiger partial charge in [0.15, 0.2) is 0 Å². The van der Waals surface area contributed by atoms with Crippen LogP contribution in [0.1, 0.15) is 17.4 Å². The van der Waals surface area contributed by atoms with Crippen molar-refractivity contribution in [2.45, 2.75) is 13.5 Å². The maximum absolute atomic E-state index is 13.8. The quantitative estimate of drug-likeness (QED) is 0.564. The Kier molecular flexibility index (Phi) is 3.80. The lowest BCUT2D eigenvalue weighted by molar-refractivity contribution is 0.101. The van der Waals surface area contributed by atoms with Gasteiger partial charge in [0.05, 0.1) is 16.6 Å². The summed E-state index contributed by atoms with van der Waals surface area (Å²) in [4.78, 5) is 25.1. The Morgan fingerprint density at radius 2 is 1.85 bits per heavy atom. The van der Waals surface area contributed by atoms with Crippen molar-refractivity contribution in [1.82, 2.24) is 4.57 Å². The average Bonchev–Trinajstić information content (AvgIpc) is 3.04. The second kappa shape index (κ2) is 6.15. The monoisotopic (exact) mass is 350 g/mol. The molecular formula is C20H15FN2O3. The maximum atomic E-state index is 13.8. The normalized spacial score (nSPS) is 11.2. The summed E-state index contributed by atoms with van der Waals surface area (Å²) in [5.41, 5.74) is 0.944. The molecule has 4 aromatic rings. The summed E-state index contributed by atoms with van der Waals surface area (Å²) >= 11 is 0. The summed E-state index contributed by atoms with van der Waals surface area (Å²) < 4.78 is 20.9. The highest BCUT2D eigenvalue weighted by Gasteiger charge is 2.20. The molecule has 2 aromatic carbocycles. The SMILES string of the molecule is CCn1c(C(=O)Nc2ccccc2F)cc2c(=O)oc3ccccc3c21. The molecule has 0 aliphatic carbocycles. The molecule has 0 bridgehead atoms. The Hall–Kier alpha value is -3.41. The lowest BCUT2D eigenvalue weighted by Gasteiger charge is -2.10. The summed E-state index contributed by atoms with van der Waals surface area (Å²) in [6.45, 7) is 2.35. The number of carbonyl (C=O) groups is 1. The van der Waals surface area contributed by atoms with Gasteiger partial charge in [-0.1, -0.05) is 24.3 Å². The zero-order valence-electron chi connectivity index (χ0n) is 14.0. The minimum atomic E-state index is -0.523. The van der Waals surface area contributed by atoms with E-state index >= 15 is 0 Å². The molecule has 2 heterocycles. The summed E-state index contributed by atoms with van der Waals surface area (Å²) in [6, 6.07) is 14.6. The number of para-hydroxylation sites is 2. The summed E-state index contributed by atoms with van der Waals surface area (Å²) in [5.74, 6) is -1.01. The zero-order chi connectivity index (χ0) is 18.3. The van der Waals surface area contributed by atoms with E-state index in [-0.39, 0.29) is 11.4 Å². The minimum Gasteiger partial charge on any atom is -0.422 e. The van der Waals surface area contributed by atoms with Gasteiger partial charge < -0.3 is 14.3 Å². The molecule has 0 unspecified atom stereocenters. The Morgan fingerprint density at radius 3 is 2.62 bits per heavy atom. The fraction of sp³-hybridized carbons (Fsp3) is 0.100. The largest absolute Gasteiger partial charge is 0.422 e. The first-order chi connectivity index (χ1) is 12.6. The third-order valence-corrected chi connectivity index (χ3v) is 4.33. The standard InChI is InChI=1S/C20H15FN2O3/c1-2-23-16(19(24)22-15-9-5-4-8-14(15)21)11-13-18(23)12-7-3-6-10-17(12)26-20(13)25/h3-11H,2H2,1H3,(H,22,24). The first-order valence-electron chi connectivity index (χ1n) is 8.21. The zero-order valence-corrected chi connectivity index (χ0v) is 14.0. The lowest BCUT2D eigenvalue weighted by Crippen LogP contribution is -2.17. The number of amides is 1. The second-order valence-corrected chi connectivity index (χ2v) is 5.86. The van der Waals surface area contributed by atoms with Gasteiger partial charge in [-0.15, -0.1) is 0 Å². The van der Waals surface area contributed by atoms with Gasteiger partial charge in [-0.2, -0.15) is 0 Å². The molecular weight excluding hydrogens is 335 g/mol. The highest BCUT2D eigenvalue weighted by Crippen LogP contribution is 2.26. The number of hydrogen-bond acceptors (Lipinski definition) is 3. The van der Waals surface area contributed by atoms with Gasteiger partial charge >= 0.3 is 5.63 Å². The first-order valence-corrected chi connectivity index (χ1v) is 8.21. The first kappa shape index (κ1) is 16.1. The molecule has 0 radical (unpaired) electrons. The van der Waals surface area contributed by atoms with E-state index in [1.54, 1.807) is 28.8 Å².